The molecule has 0 saturated heterocycles. The van der Waals surface area contributed by atoms with Gasteiger partial charge in [-0.1, -0.05) is 18.2 Å². The van der Waals surface area contributed by atoms with Gasteiger partial charge in [0.2, 0.25) is 0 Å². The van der Waals surface area contributed by atoms with Crippen LogP contribution in [0.5, 0.6) is 0 Å². The van der Waals surface area contributed by atoms with Crippen LogP contribution in [0.25, 0.3) is 5.69 Å². The molecule has 0 radical (unpaired) electrons. The highest BCUT2D eigenvalue weighted by Gasteiger charge is 2.13. The molecular formula is C17H18N4. The lowest BCUT2D eigenvalue weighted by Crippen LogP contribution is -2.19. The molecule has 0 spiro atoms. The maximum absolute atomic E-state index is 4.69. The van der Waals surface area contributed by atoms with Gasteiger partial charge in [0.25, 0.3) is 0 Å². The highest BCUT2D eigenvalue weighted by atomic mass is 15.3. The minimum atomic E-state index is 0.192. The molecule has 106 valence electrons. The first-order valence-electron chi connectivity index (χ1n) is 7.04. The largest absolute Gasteiger partial charge is 0.311 e. The molecule has 4 nitrogen and oxygen atoms in total. The number of pyridine rings is 1. The monoisotopic (exact) mass is 278 g/mol. The summed E-state index contributed by atoms with van der Waals surface area (Å²) < 4.78 is 1.91. The highest BCUT2D eigenvalue weighted by Crippen LogP contribution is 2.17. The molecule has 0 fully saturated rings. The minimum Gasteiger partial charge on any atom is -0.311 e. The van der Waals surface area contributed by atoms with Crippen LogP contribution in [0.4, 0.5) is 0 Å². The number of hydrogen-bond donors (Lipinski definition) is 1. The van der Waals surface area contributed by atoms with E-state index in [-0.39, 0.29) is 6.04 Å². The molecule has 0 amide bonds. The summed E-state index contributed by atoms with van der Waals surface area (Å²) in [5, 5.41) is 8.02. The van der Waals surface area contributed by atoms with Crippen molar-refractivity contribution in [3.05, 3.63) is 78.4 Å². The van der Waals surface area contributed by atoms with Gasteiger partial charge in [0.05, 0.1) is 17.4 Å². The highest BCUT2D eigenvalue weighted by molar-refractivity contribution is 5.31. The van der Waals surface area contributed by atoms with Gasteiger partial charge in [-0.3, -0.25) is 4.98 Å². The topological polar surface area (TPSA) is 42.7 Å². The van der Waals surface area contributed by atoms with Gasteiger partial charge in [-0.05, 0) is 49.4 Å². The van der Waals surface area contributed by atoms with E-state index in [9.17, 15) is 0 Å². The van der Waals surface area contributed by atoms with Gasteiger partial charge in [0, 0.05) is 18.6 Å². The maximum Gasteiger partial charge on any atom is 0.0801 e. The van der Waals surface area contributed by atoms with Crippen LogP contribution in [0.2, 0.25) is 0 Å². The molecule has 21 heavy (non-hydrogen) atoms. The van der Waals surface area contributed by atoms with E-state index in [2.05, 4.69) is 21.5 Å². The second-order valence-electron chi connectivity index (χ2n) is 4.92. The summed E-state index contributed by atoms with van der Waals surface area (Å²) in [6.07, 6.45) is 6.54. The van der Waals surface area contributed by atoms with Gasteiger partial charge < -0.3 is 5.32 Å². The molecule has 0 aliphatic heterocycles. The lowest BCUT2D eigenvalue weighted by atomic mass is 10.1. The molecule has 1 atom stereocenters. The van der Waals surface area contributed by atoms with Crippen LogP contribution >= 0.6 is 0 Å². The Bertz CT molecular complexity index is 676. The summed E-state index contributed by atoms with van der Waals surface area (Å²) in [5.74, 6) is 0. The Hall–Kier alpha value is -2.46. The van der Waals surface area contributed by atoms with Crippen molar-refractivity contribution in [2.24, 2.45) is 0 Å². The van der Waals surface area contributed by atoms with Crippen molar-refractivity contribution in [1.29, 1.82) is 0 Å². The van der Waals surface area contributed by atoms with Crippen LogP contribution in [0, 0.1) is 0 Å². The van der Waals surface area contributed by atoms with Crippen LogP contribution in [-0.2, 0) is 6.42 Å². The second-order valence-corrected chi connectivity index (χ2v) is 4.92. The molecule has 2 aromatic heterocycles. The van der Waals surface area contributed by atoms with Gasteiger partial charge in [0.15, 0.2) is 0 Å². The molecule has 2 heterocycles. The quantitative estimate of drug-likeness (QED) is 0.780. The number of aromatic nitrogens is 3. The van der Waals surface area contributed by atoms with Crippen molar-refractivity contribution < 1.29 is 0 Å². The van der Waals surface area contributed by atoms with Gasteiger partial charge in [-0.25, -0.2) is 4.68 Å². The lowest BCUT2D eigenvalue weighted by molar-refractivity contribution is 0.569. The third-order valence-electron chi connectivity index (χ3n) is 3.53. The second kappa shape index (κ2) is 6.33. The standard InChI is InChI=1S/C17H18N4/c1-18-17(13-14-7-10-19-11-8-14)16-9-12-21(20-16)15-5-3-2-4-6-15/h2-12,17-18H,13H2,1H3. The van der Waals surface area contributed by atoms with Crippen molar-refractivity contribution in [3.63, 3.8) is 0 Å². The van der Waals surface area contributed by atoms with E-state index in [0.29, 0.717) is 0 Å². The molecule has 4 heteroatoms. The third-order valence-corrected chi connectivity index (χ3v) is 3.53. The van der Waals surface area contributed by atoms with Crippen molar-refractivity contribution in [2.75, 3.05) is 7.05 Å². The first kappa shape index (κ1) is 13.5. The van der Waals surface area contributed by atoms with E-state index in [1.165, 1.54) is 5.56 Å². The van der Waals surface area contributed by atoms with E-state index < -0.39 is 0 Å². The van der Waals surface area contributed by atoms with E-state index in [0.717, 1.165) is 17.8 Å². The van der Waals surface area contributed by atoms with E-state index in [4.69, 9.17) is 0 Å². The van der Waals surface area contributed by atoms with Crippen LogP contribution in [-0.4, -0.2) is 21.8 Å². The normalized spacial score (nSPS) is 12.2. The van der Waals surface area contributed by atoms with Gasteiger partial charge in [-0.2, -0.15) is 5.10 Å². The summed E-state index contributed by atoms with van der Waals surface area (Å²) >= 11 is 0. The number of rotatable bonds is 5. The average Bonchev–Trinajstić information content (AvgIpc) is 3.04. The number of nitrogens with zero attached hydrogens (tertiary/aromatic N) is 3. The maximum atomic E-state index is 4.69. The van der Waals surface area contributed by atoms with Crippen molar-refractivity contribution in [1.82, 2.24) is 20.1 Å². The fourth-order valence-corrected chi connectivity index (χ4v) is 2.36. The Labute approximate surface area is 124 Å². The van der Waals surface area contributed by atoms with Crippen LogP contribution in [0.1, 0.15) is 17.3 Å². The Kier molecular flexibility index (Phi) is 4.07. The van der Waals surface area contributed by atoms with Crippen LogP contribution < -0.4 is 5.32 Å². The Morgan fingerprint density at radius 2 is 1.81 bits per heavy atom. The van der Waals surface area contributed by atoms with Gasteiger partial charge in [0.1, 0.15) is 0 Å². The summed E-state index contributed by atoms with van der Waals surface area (Å²) in [4.78, 5) is 4.05. The summed E-state index contributed by atoms with van der Waals surface area (Å²) in [7, 11) is 1.97. The summed E-state index contributed by atoms with van der Waals surface area (Å²) in [5.41, 5.74) is 3.36. The molecule has 1 unspecified atom stereocenters. The number of hydrogen-bond acceptors (Lipinski definition) is 3. The Balaban J connectivity index is 1.81. The zero-order valence-electron chi connectivity index (χ0n) is 12.0. The van der Waals surface area contributed by atoms with E-state index in [1.807, 2.05) is 72.8 Å². The molecule has 0 aliphatic carbocycles. The smallest absolute Gasteiger partial charge is 0.0801 e. The number of para-hydroxylation sites is 1. The zero-order valence-corrected chi connectivity index (χ0v) is 12.0. The van der Waals surface area contributed by atoms with E-state index >= 15 is 0 Å². The summed E-state index contributed by atoms with van der Waals surface area (Å²) in [6.45, 7) is 0. The fraction of sp³-hybridized carbons (Fsp3) is 0.176. The summed E-state index contributed by atoms with van der Waals surface area (Å²) in [6, 6.07) is 16.5. The first-order chi connectivity index (χ1) is 10.4. The average molecular weight is 278 g/mol. The SMILES string of the molecule is CNC(Cc1ccncc1)c1ccn(-c2ccccc2)n1. The molecule has 0 aliphatic rings. The predicted molar refractivity (Wildman–Crippen MR) is 83.3 cm³/mol. The molecule has 1 N–H and O–H groups in total. The van der Waals surface area contributed by atoms with E-state index in [1.54, 1.807) is 0 Å². The number of likely N-dealkylation sites (N-methyl/N-ethyl adjacent to an activating group) is 1. The Morgan fingerprint density at radius 3 is 2.52 bits per heavy atom. The van der Waals surface area contributed by atoms with Gasteiger partial charge >= 0.3 is 0 Å². The Morgan fingerprint density at radius 1 is 1.05 bits per heavy atom. The number of nitrogens with one attached hydrogen (secondary N) is 1. The predicted octanol–water partition coefficient (Wildman–Crippen LogP) is 2.77. The molecule has 0 saturated carbocycles. The molecular weight excluding hydrogens is 260 g/mol. The molecule has 1 aromatic carbocycles. The number of benzene rings is 1. The molecule has 3 rings (SSSR count). The van der Waals surface area contributed by atoms with Crippen LogP contribution in [0.15, 0.2) is 67.1 Å². The van der Waals surface area contributed by atoms with Crippen molar-refractivity contribution >= 4 is 0 Å². The minimum absolute atomic E-state index is 0.192. The molecule has 3 aromatic rings. The van der Waals surface area contributed by atoms with Gasteiger partial charge in [-0.15, -0.1) is 0 Å². The fourth-order valence-electron chi connectivity index (χ4n) is 2.36. The lowest BCUT2D eigenvalue weighted by Gasteiger charge is -2.13. The third kappa shape index (κ3) is 3.17. The first-order valence-corrected chi connectivity index (χ1v) is 7.04. The zero-order chi connectivity index (χ0) is 14.5. The van der Waals surface area contributed by atoms with Crippen molar-refractivity contribution in [3.8, 4) is 5.69 Å². The van der Waals surface area contributed by atoms with Crippen molar-refractivity contribution in [2.45, 2.75) is 12.5 Å². The molecule has 0 bridgehead atoms. The van der Waals surface area contributed by atoms with Crippen LogP contribution in [0.3, 0.4) is 0 Å².